The number of aliphatic hydroxyl groups excluding tert-OH is 1. The monoisotopic (exact) mass is 368 g/mol. The number of hydrogen-bond acceptors (Lipinski definition) is 7. The standard InChI is InChI=1S/C19H20N4O4/c1-11(24)19-22-21-17(26-19)9-12-7-14(8-12)20-18(25)15-10-16(27-23-15)13-5-3-2-4-6-13/h2-6,10-12,14,24H,7-9H2,1H3,(H,20,25)/t11-,12-,14+/m1/s1. The highest BCUT2D eigenvalue weighted by atomic mass is 16.5. The van der Waals surface area contributed by atoms with Gasteiger partial charge in [0, 0.05) is 24.1 Å². The van der Waals surface area contributed by atoms with Crippen molar-refractivity contribution in [3.63, 3.8) is 0 Å². The van der Waals surface area contributed by atoms with E-state index >= 15 is 0 Å². The van der Waals surface area contributed by atoms with E-state index in [1.54, 1.807) is 13.0 Å². The van der Waals surface area contributed by atoms with Crippen molar-refractivity contribution in [2.45, 2.75) is 38.3 Å². The molecular formula is C19H20N4O4. The number of nitrogens with zero attached hydrogens (tertiary/aromatic N) is 3. The summed E-state index contributed by atoms with van der Waals surface area (Å²) in [7, 11) is 0. The molecule has 1 saturated carbocycles. The van der Waals surface area contributed by atoms with Crippen molar-refractivity contribution < 1.29 is 18.8 Å². The van der Waals surface area contributed by atoms with Crippen molar-refractivity contribution in [2.75, 3.05) is 0 Å². The minimum absolute atomic E-state index is 0.0959. The van der Waals surface area contributed by atoms with Crippen LogP contribution in [0.2, 0.25) is 0 Å². The number of carbonyl (C=O) groups is 1. The van der Waals surface area contributed by atoms with Crippen LogP contribution in [0.5, 0.6) is 0 Å². The third-order valence-electron chi connectivity index (χ3n) is 4.68. The van der Waals surface area contributed by atoms with E-state index in [1.165, 1.54) is 0 Å². The van der Waals surface area contributed by atoms with Crippen LogP contribution in [0.25, 0.3) is 11.3 Å². The Morgan fingerprint density at radius 2 is 2.07 bits per heavy atom. The van der Waals surface area contributed by atoms with Crippen LogP contribution in [-0.4, -0.2) is 32.4 Å². The molecule has 2 heterocycles. The largest absolute Gasteiger partial charge is 0.422 e. The quantitative estimate of drug-likeness (QED) is 0.687. The molecule has 0 radical (unpaired) electrons. The molecule has 0 aliphatic heterocycles. The fraction of sp³-hybridized carbons (Fsp3) is 0.368. The molecule has 27 heavy (non-hydrogen) atoms. The number of hydrogen-bond donors (Lipinski definition) is 2. The predicted octanol–water partition coefficient (Wildman–Crippen LogP) is 2.53. The molecular weight excluding hydrogens is 348 g/mol. The fourth-order valence-electron chi connectivity index (χ4n) is 3.17. The molecule has 8 nitrogen and oxygen atoms in total. The van der Waals surface area contributed by atoms with Crippen molar-refractivity contribution in [3.05, 3.63) is 53.9 Å². The van der Waals surface area contributed by atoms with Crippen molar-refractivity contribution in [1.82, 2.24) is 20.7 Å². The number of benzene rings is 1. The average Bonchev–Trinajstić information content (AvgIpc) is 3.30. The fourth-order valence-corrected chi connectivity index (χ4v) is 3.17. The van der Waals surface area contributed by atoms with E-state index in [2.05, 4.69) is 20.7 Å². The van der Waals surface area contributed by atoms with Gasteiger partial charge >= 0.3 is 0 Å². The van der Waals surface area contributed by atoms with E-state index in [0.717, 1.165) is 18.4 Å². The number of rotatable bonds is 6. The minimum atomic E-state index is -0.761. The molecule has 1 atom stereocenters. The van der Waals surface area contributed by atoms with E-state index in [-0.39, 0.29) is 23.5 Å². The molecule has 3 aromatic rings. The smallest absolute Gasteiger partial charge is 0.273 e. The summed E-state index contributed by atoms with van der Waals surface area (Å²) in [5.41, 5.74) is 1.15. The van der Waals surface area contributed by atoms with Gasteiger partial charge in [-0.25, -0.2) is 0 Å². The van der Waals surface area contributed by atoms with Gasteiger partial charge in [0.25, 0.3) is 5.91 Å². The Morgan fingerprint density at radius 3 is 2.78 bits per heavy atom. The number of amides is 1. The Kier molecular flexibility index (Phi) is 4.72. The Hall–Kier alpha value is -3.00. The summed E-state index contributed by atoms with van der Waals surface area (Å²) < 4.78 is 10.7. The maximum atomic E-state index is 12.3. The Morgan fingerprint density at radius 1 is 1.30 bits per heavy atom. The van der Waals surface area contributed by atoms with Crippen molar-refractivity contribution in [2.24, 2.45) is 5.92 Å². The number of carbonyl (C=O) groups excluding carboxylic acids is 1. The summed E-state index contributed by atoms with van der Waals surface area (Å²) >= 11 is 0. The molecule has 8 heteroatoms. The predicted molar refractivity (Wildman–Crippen MR) is 94.6 cm³/mol. The van der Waals surface area contributed by atoms with Gasteiger partial charge in [0.15, 0.2) is 11.5 Å². The Balaban J connectivity index is 1.27. The van der Waals surface area contributed by atoms with Gasteiger partial charge in [-0.2, -0.15) is 0 Å². The van der Waals surface area contributed by atoms with Crippen LogP contribution in [-0.2, 0) is 6.42 Å². The van der Waals surface area contributed by atoms with Crippen LogP contribution in [0.1, 0.15) is 48.1 Å². The molecule has 1 fully saturated rings. The van der Waals surface area contributed by atoms with Gasteiger partial charge in [0.2, 0.25) is 11.8 Å². The Labute approximate surface area is 155 Å². The number of aromatic nitrogens is 3. The summed E-state index contributed by atoms with van der Waals surface area (Å²) in [5.74, 6) is 1.45. The second-order valence-electron chi connectivity index (χ2n) is 6.86. The highest BCUT2D eigenvalue weighted by Crippen LogP contribution is 2.31. The van der Waals surface area contributed by atoms with E-state index in [0.29, 0.717) is 24.0 Å². The van der Waals surface area contributed by atoms with Crippen LogP contribution < -0.4 is 5.32 Å². The third kappa shape index (κ3) is 3.90. The molecule has 1 aliphatic rings. The van der Waals surface area contributed by atoms with Crippen LogP contribution in [0.4, 0.5) is 0 Å². The lowest BCUT2D eigenvalue weighted by Gasteiger charge is -2.34. The molecule has 2 aromatic heterocycles. The van der Waals surface area contributed by atoms with E-state index in [1.807, 2.05) is 30.3 Å². The average molecular weight is 368 g/mol. The molecule has 1 aliphatic carbocycles. The molecule has 0 spiro atoms. The Bertz CT molecular complexity index is 913. The van der Waals surface area contributed by atoms with Gasteiger partial charge < -0.3 is 19.4 Å². The lowest BCUT2D eigenvalue weighted by molar-refractivity contribution is 0.0877. The van der Waals surface area contributed by atoms with Crippen LogP contribution >= 0.6 is 0 Å². The number of aliphatic hydroxyl groups is 1. The first-order valence-corrected chi connectivity index (χ1v) is 8.92. The lowest BCUT2D eigenvalue weighted by Crippen LogP contribution is -2.45. The molecule has 4 rings (SSSR count). The zero-order chi connectivity index (χ0) is 18.8. The van der Waals surface area contributed by atoms with Gasteiger partial charge in [-0.3, -0.25) is 4.79 Å². The van der Waals surface area contributed by atoms with Crippen LogP contribution in [0.3, 0.4) is 0 Å². The van der Waals surface area contributed by atoms with Crippen molar-refractivity contribution >= 4 is 5.91 Å². The second-order valence-corrected chi connectivity index (χ2v) is 6.86. The molecule has 2 N–H and O–H groups in total. The lowest BCUT2D eigenvalue weighted by atomic mass is 9.78. The summed E-state index contributed by atoms with van der Waals surface area (Å²) in [6, 6.07) is 11.3. The van der Waals surface area contributed by atoms with Crippen molar-refractivity contribution in [1.29, 1.82) is 0 Å². The summed E-state index contributed by atoms with van der Waals surface area (Å²) in [4.78, 5) is 12.3. The first-order chi connectivity index (χ1) is 13.1. The maximum Gasteiger partial charge on any atom is 0.273 e. The number of nitrogens with one attached hydrogen (secondary N) is 1. The normalized spacial score (nSPS) is 20.1. The van der Waals surface area contributed by atoms with E-state index < -0.39 is 6.10 Å². The molecule has 0 unspecified atom stereocenters. The molecule has 140 valence electrons. The van der Waals surface area contributed by atoms with Gasteiger partial charge in [0.05, 0.1) is 0 Å². The molecule has 1 amide bonds. The summed E-state index contributed by atoms with van der Waals surface area (Å²) in [5, 5.41) is 24.0. The molecule has 0 saturated heterocycles. The molecule has 0 bridgehead atoms. The first-order valence-electron chi connectivity index (χ1n) is 8.92. The van der Waals surface area contributed by atoms with Gasteiger partial charge in [-0.1, -0.05) is 35.5 Å². The van der Waals surface area contributed by atoms with Gasteiger partial charge in [-0.15, -0.1) is 10.2 Å². The molecule has 1 aromatic carbocycles. The van der Waals surface area contributed by atoms with Gasteiger partial charge in [-0.05, 0) is 25.7 Å². The zero-order valence-electron chi connectivity index (χ0n) is 14.8. The third-order valence-corrected chi connectivity index (χ3v) is 4.68. The minimum Gasteiger partial charge on any atom is -0.422 e. The maximum absolute atomic E-state index is 12.3. The zero-order valence-corrected chi connectivity index (χ0v) is 14.8. The van der Waals surface area contributed by atoms with Crippen molar-refractivity contribution in [3.8, 4) is 11.3 Å². The topological polar surface area (TPSA) is 114 Å². The highest BCUT2D eigenvalue weighted by molar-refractivity contribution is 5.93. The SMILES string of the molecule is C[C@@H](O)c1nnc(C[C@H]2C[C@@H](NC(=O)c3cc(-c4ccccc4)on3)C2)o1. The van der Waals surface area contributed by atoms with Crippen LogP contribution in [0.15, 0.2) is 45.3 Å². The summed E-state index contributed by atoms with van der Waals surface area (Å²) in [6.07, 6.45) is 1.56. The first kappa shape index (κ1) is 17.4. The highest BCUT2D eigenvalue weighted by Gasteiger charge is 2.32. The second kappa shape index (κ2) is 7.32. The van der Waals surface area contributed by atoms with E-state index in [4.69, 9.17) is 8.94 Å². The van der Waals surface area contributed by atoms with Crippen LogP contribution in [0, 0.1) is 5.92 Å². The van der Waals surface area contributed by atoms with E-state index in [9.17, 15) is 9.90 Å². The van der Waals surface area contributed by atoms with Gasteiger partial charge in [0.1, 0.15) is 6.10 Å². The summed E-state index contributed by atoms with van der Waals surface area (Å²) in [6.45, 7) is 1.58.